The SMILES string of the molecule is c1ccc(-c2nc(Cc3cc(-c4ccc(-c5ccccc5)c(-c5ccccc5)c4)ccc3-c3ccc4c(c3)sc3ccc5c(c6ccccc6n5-c5ccccc5)c34)nc(-c3ccccc3)n2)cc1. The van der Waals surface area contributed by atoms with Gasteiger partial charge in [0.05, 0.1) is 11.0 Å². The van der Waals surface area contributed by atoms with E-state index in [9.17, 15) is 0 Å². The van der Waals surface area contributed by atoms with E-state index in [1.807, 2.05) is 47.7 Å². The van der Waals surface area contributed by atoms with Gasteiger partial charge in [0.1, 0.15) is 5.82 Å². The smallest absolute Gasteiger partial charge is 0.163 e. The molecule has 0 atom stereocenters. The number of hydrogen-bond acceptors (Lipinski definition) is 4. The number of benzene rings is 10. The van der Waals surface area contributed by atoms with Crippen molar-refractivity contribution in [3.63, 3.8) is 0 Å². The molecule has 4 nitrogen and oxygen atoms in total. The van der Waals surface area contributed by atoms with E-state index in [2.05, 4.69) is 211 Å². The number of rotatable bonds is 9. The molecule has 13 aromatic rings. The molecular weight excluding hydrogens is 857 g/mol. The van der Waals surface area contributed by atoms with Gasteiger partial charge in [-0.25, -0.2) is 15.0 Å². The fourth-order valence-electron chi connectivity index (χ4n) is 10.1. The Bertz CT molecular complexity index is 3960. The lowest BCUT2D eigenvalue weighted by Gasteiger charge is -2.16. The predicted molar refractivity (Wildman–Crippen MR) is 289 cm³/mol. The van der Waals surface area contributed by atoms with Gasteiger partial charge in [-0.2, -0.15) is 0 Å². The number of fused-ring (bicyclic) bond motifs is 7. The number of nitrogens with zero attached hydrogens (tertiary/aromatic N) is 4. The van der Waals surface area contributed by atoms with Crippen LogP contribution in [0.3, 0.4) is 0 Å². The van der Waals surface area contributed by atoms with Gasteiger partial charge >= 0.3 is 0 Å². The highest BCUT2D eigenvalue weighted by Gasteiger charge is 2.20. The molecule has 10 aromatic carbocycles. The minimum atomic E-state index is 0.503. The summed E-state index contributed by atoms with van der Waals surface area (Å²) in [6, 6.07) is 86.8. The number of hydrogen-bond donors (Lipinski definition) is 0. The maximum Gasteiger partial charge on any atom is 0.163 e. The van der Waals surface area contributed by atoms with E-state index in [1.165, 1.54) is 64.2 Å². The normalized spacial score (nSPS) is 11.5. The Morgan fingerprint density at radius 1 is 0.333 bits per heavy atom. The zero-order valence-electron chi connectivity index (χ0n) is 37.5. The van der Waals surface area contributed by atoms with Gasteiger partial charge in [-0.1, -0.05) is 200 Å². The van der Waals surface area contributed by atoms with Crippen molar-refractivity contribution in [1.29, 1.82) is 0 Å². The van der Waals surface area contributed by atoms with Gasteiger partial charge in [0.25, 0.3) is 0 Å². The van der Waals surface area contributed by atoms with Crippen LogP contribution in [0.15, 0.2) is 243 Å². The molecule has 0 aliphatic rings. The third kappa shape index (κ3) is 7.37. The van der Waals surface area contributed by atoms with Crippen molar-refractivity contribution in [2.75, 3.05) is 0 Å². The minimum absolute atomic E-state index is 0.503. The Morgan fingerprint density at radius 2 is 0.884 bits per heavy atom. The summed E-state index contributed by atoms with van der Waals surface area (Å²) in [5.74, 6) is 2.03. The van der Waals surface area contributed by atoms with Crippen LogP contribution in [0.4, 0.5) is 0 Å². The van der Waals surface area contributed by atoms with Crippen molar-refractivity contribution in [2.45, 2.75) is 6.42 Å². The highest BCUT2D eigenvalue weighted by Crippen LogP contribution is 2.45. The van der Waals surface area contributed by atoms with Crippen molar-refractivity contribution >= 4 is 53.3 Å². The van der Waals surface area contributed by atoms with E-state index in [1.54, 1.807) is 0 Å². The summed E-state index contributed by atoms with van der Waals surface area (Å²) in [5.41, 5.74) is 16.0. The van der Waals surface area contributed by atoms with Gasteiger partial charge in [-0.3, -0.25) is 0 Å². The zero-order valence-corrected chi connectivity index (χ0v) is 38.3. The second-order valence-corrected chi connectivity index (χ2v) is 18.6. The van der Waals surface area contributed by atoms with Crippen molar-refractivity contribution in [1.82, 2.24) is 19.5 Å². The molecule has 0 aliphatic heterocycles. The molecule has 0 unspecified atom stereocenters. The van der Waals surface area contributed by atoms with Crippen LogP contribution in [0.25, 0.3) is 115 Å². The average molecular weight is 899 g/mol. The minimum Gasteiger partial charge on any atom is -0.309 e. The second-order valence-electron chi connectivity index (χ2n) is 17.5. The monoisotopic (exact) mass is 898 g/mol. The molecule has 0 saturated carbocycles. The number of aromatic nitrogens is 4. The van der Waals surface area contributed by atoms with Crippen LogP contribution in [0.1, 0.15) is 11.4 Å². The Kier molecular flexibility index (Phi) is 10.1. The Balaban J connectivity index is 0.991. The lowest BCUT2D eigenvalue weighted by Crippen LogP contribution is -2.05. The first-order valence-electron chi connectivity index (χ1n) is 23.4. The topological polar surface area (TPSA) is 43.6 Å². The molecule has 69 heavy (non-hydrogen) atoms. The first kappa shape index (κ1) is 40.5. The molecule has 0 fully saturated rings. The molecule has 0 saturated heterocycles. The Hall–Kier alpha value is -8.77. The third-order valence-corrected chi connectivity index (χ3v) is 14.4. The van der Waals surface area contributed by atoms with Gasteiger partial charge in [-0.05, 0) is 92.5 Å². The van der Waals surface area contributed by atoms with E-state index in [-0.39, 0.29) is 0 Å². The molecule has 3 aromatic heterocycles. The largest absolute Gasteiger partial charge is 0.309 e. The van der Waals surface area contributed by atoms with Crippen LogP contribution in [0.2, 0.25) is 0 Å². The van der Waals surface area contributed by atoms with E-state index in [0.717, 1.165) is 44.6 Å². The quantitative estimate of drug-likeness (QED) is 0.145. The van der Waals surface area contributed by atoms with Crippen molar-refractivity contribution in [3.8, 4) is 73.0 Å². The molecule has 0 spiro atoms. The van der Waals surface area contributed by atoms with E-state index >= 15 is 0 Å². The van der Waals surface area contributed by atoms with Crippen LogP contribution in [-0.2, 0) is 6.42 Å². The van der Waals surface area contributed by atoms with Crippen LogP contribution in [0.5, 0.6) is 0 Å². The maximum absolute atomic E-state index is 5.19. The van der Waals surface area contributed by atoms with Crippen LogP contribution >= 0.6 is 11.3 Å². The van der Waals surface area contributed by atoms with E-state index in [0.29, 0.717) is 23.9 Å². The van der Waals surface area contributed by atoms with Crippen LogP contribution in [0, 0.1) is 0 Å². The summed E-state index contributed by atoms with van der Waals surface area (Å²) in [4.78, 5) is 15.4. The number of thiophene rings is 1. The molecule has 0 amide bonds. The number of para-hydroxylation sites is 2. The Labute approximate surface area is 404 Å². The van der Waals surface area contributed by atoms with E-state index in [4.69, 9.17) is 15.0 Å². The molecule has 5 heteroatoms. The summed E-state index contributed by atoms with van der Waals surface area (Å²) in [6.45, 7) is 0. The first-order valence-corrected chi connectivity index (χ1v) is 24.2. The molecule has 0 bridgehead atoms. The van der Waals surface area contributed by atoms with Gasteiger partial charge in [0.15, 0.2) is 11.6 Å². The average Bonchev–Trinajstić information content (AvgIpc) is 3.97. The zero-order chi connectivity index (χ0) is 45.7. The van der Waals surface area contributed by atoms with Crippen molar-refractivity contribution in [2.24, 2.45) is 0 Å². The lowest BCUT2D eigenvalue weighted by atomic mass is 9.89. The lowest BCUT2D eigenvalue weighted by molar-refractivity contribution is 0.933. The third-order valence-electron chi connectivity index (χ3n) is 13.3. The first-order chi connectivity index (χ1) is 34.2. The molecule has 324 valence electrons. The Morgan fingerprint density at radius 3 is 1.55 bits per heavy atom. The molecule has 13 rings (SSSR count). The standard InChI is InChI=1S/C64H42N4S/c1-6-18-42(19-7-1)52-34-31-47(39-55(52)43-20-8-2-9-21-43)46-30-33-51(49(38-46)41-60-65-63(44-22-10-3-11-23-44)67-64(66-60)45-24-12-4-13-25-45)48-32-35-54-59(40-48)69-58-37-36-57-61(62(54)58)53-28-16-17-29-56(53)68(57)50-26-14-5-15-27-50/h1-40H,41H2. The summed E-state index contributed by atoms with van der Waals surface area (Å²) < 4.78 is 4.94. The highest BCUT2D eigenvalue weighted by atomic mass is 32.1. The van der Waals surface area contributed by atoms with E-state index < -0.39 is 0 Å². The van der Waals surface area contributed by atoms with Gasteiger partial charge in [0.2, 0.25) is 0 Å². The van der Waals surface area contributed by atoms with Gasteiger partial charge in [-0.15, -0.1) is 11.3 Å². The fourth-order valence-corrected chi connectivity index (χ4v) is 11.3. The molecule has 0 N–H and O–H groups in total. The summed E-state index contributed by atoms with van der Waals surface area (Å²) >= 11 is 1.86. The van der Waals surface area contributed by atoms with Crippen LogP contribution < -0.4 is 0 Å². The molecule has 0 aliphatic carbocycles. The summed E-state index contributed by atoms with van der Waals surface area (Å²) in [7, 11) is 0. The van der Waals surface area contributed by atoms with Gasteiger partial charge < -0.3 is 4.57 Å². The van der Waals surface area contributed by atoms with Crippen molar-refractivity contribution < 1.29 is 0 Å². The fraction of sp³-hybridized carbons (Fsp3) is 0.0156. The van der Waals surface area contributed by atoms with Gasteiger partial charge in [0, 0.05) is 54.2 Å². The predicted octanol–water partition coefficient (Wildman–Crippen LogP) is 16.9. The molecule has 3 heterocycles. The molecule has 0 radical (unpaired) electrons. The highest BCUT2D eigenvalue weighted by molar-refractivity contribution is 7.26. The summed E-state index contributed by atoms with van der Waals surface area (Å²) in [5, 5.41) is 5.13. The maximum atomic E-state index is 5.19. The van der Waals surface area contributed by atoms with Crippen LogP contribution in [-0.4, -0.2) is 19.5 Å². The summed E-state index contributed by atoms with van der Waals surface area (Å²) in [6.07, 6.45) is 0.503. The molecular formula is C64H42N4S. The second kappa shape index (κ2) is 17.1. The van der Waals surface area contributed by atoms with Crippen molar-refractivity contribution in [3.05, 3.63) is 254 Å².